The Hall–Kier alpha value is -1.79. The average Bonchev–Trinajstić information content (AvgIpc) is 3.23. The second-order valence-corrected chi connectivity index (χ2v) is 6.33. The summed E-state index contributed by atoms with van der Waals surface area (Å²) in [6.07, 6.45) is 9.24. The first-order chi connectivity index (χ1) is 12.2. The van der Waals surface area contributed by atoms with E-state index < -0.39 is 0 Å². The molecule has 0 aliphatic carbocycles. The molecule has 1 aromatic carbocycles. The number of hydrogen-bond acceptors (Lipinski definition) is 3. The van der Waals surface area contributed by atoms with E-state index in [1.54, 1.807) is 12.1 Å². The molecule has 26 heavy (non-hydrogen) atoms. The highest BCUT2D eigenvalue weighted by atomic mass is 127. The van der Waals surface area contributed by atoms with E-state index in [-0.39, 0.29) is 48.6 Å². The molecule has 140 valence electrons. The van der Waals surface area contributed by atoms with Gasteiger partial charge in [0.2, 0.25) is 5.91 Å². The molecule has 3 unspecified atom stereocenters. The van der Waals surface area contributed by atoms with Gasteiger partial charge in [0.15, 0.2) is 5.96 Å². The molecule has 2 saturated heterocycles. The van der Waals surface area contributed by atoms with Gasteiger partial charge in [-0.05, 0) is 44.4 Å². The van der Waals surface area contributed by atoms with Crippen molar-refractivity contribution < 1.29 is 9.53 Å². The van der Waals surface area contributed by atoms with Crippen molar-refractivity contribution in [3.63, 3.8) is 0 Å². The van der Waals surface area contributed by atoms with Gasteiger partial charge in [0.25, 0.3) is 0 Å². The molecule has 1 aromatic rings. The van der Waals surface area contributed by atoms with Crippen LogP contribution in [-0.2, 0) is 9.53 Å². The van der Waals surface area contributed by atoms with E-state index in [0.29, 0.717) is 17.8 Å². The number of anilines is 1. The monoisotopic (exact) mass is 468 g/mol. The highest BCUT2D eigenvalue weighted by Crippen LogP contribution is 2.34. The van der Waals surface area contributed by atoms with Crippen LogP contribution in [0.1, 0.15) is 31.7 Å². The van der Waals surface area contributed by atoms with Crippen LogP contribution in [0.3, 0.4) is 0 Å². The number of benzene rings is 1. The Bertz CT molecular complexity index is 701. The summed E-state index contributed by atoms with van der Waals surface area (Å²) in [5, 5.41) is 9.39. The zero-order valence-electron chi connectivity index (χ0n) is 14.8. The quantitative estimate of drug-likeness (QED) is 0.268. The van der Waals surface area contributed by atoms with Crippen LogP contribution in [0.25, 0.3) is 0 Å². The Morgan fingerprint density at radius 2 is 2.27 bits per heavy atom. The van der Waals surface area contributed by atoms with E-state index in [1.165, 1.54) is 0 Å². The van der Waals surface area contributed by atoms with Crippen molar-refractivity contribution in [3.8, 4) is 12.3 Å². The smallest absolute Gasteiger partial charge is 0.246 e. The summed E-state index contributed by atoms with van der Waals surface area (Å²) >= 11 is 0. The zero-order chi connectivity index (χ0) is 17.6. The van der Waals surface area contributed by atoms with E-state index in [2.05, 4.69) is 26.9 Å². The molecule has 3 rings (SSSR count). The zero-order valence-corrected chi connectivity index (χ0v) is 17.2. The third-order valence-corrected chi connectivity index (χ3v) is 4.47. The fourth-order valence-corrected chi connectivity index (χ4v) is 3.32. The lowest BCUT2D eigenvalue weighted by Gasteiger charge is -2.22. The molecule has 7 heteroatoms. The molecule has 2 aliphatic rings. The van der Waals surface area contributed by atoms with Crippen molar-refractivity contribution in [1.82, 2.24) is 10.6 Å². The molecule has 1 amide bonds. The van der Waals surface area contributed by atoms with Crippen LogP contribution in [-0.4, -0.2) is 43.2 Å². The van der Waals surface area contributed by atoms with Gasteiger partial charge in [-0.1, -0.05) is 12.0 Å². The fourth-order valence-electron chi connectivity index (χ4n) is 3.32. The number of aliphatic imine (C=N–C) groups is 1. The summed E-state index contributed by atoms with van der Waals surface area (Å²) in [5.41, 5.74) is 1.41. The molecule has 2 heterocycles. The maximum atomic E-state index is 12.1. The van der Waals surface area contributed by atoms with E-state index in [0.717, 1.165) is 31.4 Å². The Morgan fingerprint density at radius 3 is 2.92 bits per heavy atom. The van der Waals surface area contributed by atoms with E-state index in [1.807, 2.05) is 19.1 Å². The van der Waals surface area contributed by atoms with Crippen molar-refractivity contribution in [2.45, 2.75) is 44.4 Å². The number of halogens is 1. The number of rotatable bonds is 5. The maximum Gasteiger partial charge on any atom is 0.246 e. The number of hydrogen-bond donors (Lipinski definition) is 3. The molecule has 0 aromatic heterocycles. The molecular weight excluding hydrogens is 443 g/mol. The number of carbonyl (C=O) groups excluding carboxylic acids is 1. The molecule has 0 saturated carbocycles. The minimum Gasteiger partial charge on any atom is -0.373 e. The molecular formula is C19H25IN4O2. The largest absolute Gasteiger partial charge is 0.373 e. The van der Waals surface area contributed by atoms with E-state index in [9.17, 15) is 4.79 Å². The highest BCUT2D eigenvalue weighted by molar-refractivity contribution is 14.0. The standard InChI is InChI=1S/C19H24N4O2.HI/c1-3-13-6-5-7-14(10-13)22-18(24)12-21-19(20-4-2)23-16-11-15-8-9-17(16)25-15;/h1,5-7,10,15-17H,4,8-9,11-12H2,2H3,(H,22,24)(H2,20,21,23);1H. The lowest BCUT2D eigenvalue weighted by Crippen LogP contribution is -2.47. The first kappa shape index (κ1) is 20.5. The minimum absolute atomic E-state index is 0. The number of ether oxygens (including phenoxy) is 1. The van der Waals surface area contributed by atoms with Crippen LogP contribution in [0.4, 0.5) is 5.69 Å². The van der Waals surface area contributed by atoms with Crippen LogP contribution in [0.5, 0.6) is 0 Å². The summed E-state index contributed by atoms with van der Waals surface area (Å²) in [5.74, 6) is 3.01. The summed E-state index contributed by atoms with van der Waals surface area (Å²) < 4.78 is 5.85. The Morgan fingerprint density at radius 1 is 1.42 bits per heavy atom. The van der Waals surface area contributed by atoms with Gasteiger partial charge in [0.1, 0.15) is 6.54 Å². The van der Waals surface area contributed by atoms with Crippen LogP contribution in [0.2, 0.25) is 0 Å². The molecule has 6 nitrogen and oxygen atoms in total. The molecule has 0 radical (unpaired) electrons. The van der Waals surface area contributed by atoms with E-state index in [4.69, 9.17) is 11.2 Å². The number of carbonyl (C=O) groups is 1. The normalized spacial score (nSPS) is 23.7. The molecule has 2 bridgehead atoms. The minimum atomic E-state index is -0.185. The van der Waals surface area contributed by atoms with Crippen LogP contribution in [0, 0.1) is 12.3 Å². The summed E-state index contributed by atoms with van der Waals surface area (Å²) in [7, 11) is 0. The number of guanidine groups is 1. The first-order valence-corrected chi connectivity index (χ1v) is 8.74. The van der Waals surface area contributed by atoms with Crippen molar-refractivity contribution in [1.29, 1.82) is 0 Å². The summed E-state index contributed by atoms with van der Waals surface area (Å²) in [6, 6.07) is 7.47. The van der Waals surface area contributed by atoms with Gasteiger partial charge in [0.05, 0.1) is 18.2 Å². The molecule has 0 spiro atoms. The Kier molecular flexibility index (Phi) is 7.72. The predicted octanol–water partition coefficient (Wildman–Crippen LogP) is 2.10. The molecule has 2 fully saturated rings. The maximum absolute atomic E-state index is 12.1. The summed E-state index contributed by atoms with van der Waals surface area (Å²) in [6.45, 7) is 2.77. The number of nitrogens with zero attached hydrogens (tertiary/aromatic N) is 1. The topological polar surface area (TPSA) is 74.8 Å². The number of nitrogens with one attached hydrogen (secondary N) is 3. The van der Waals surface area contributed by atoms with Crippen molar-refractivity contribution >= 4 is 41.5 Å². The number of fused-ring (bicyclic) bond motifs is 2. The van der Waals surface area contributed by atoms with Crippen LogP contribution < -0.4 is 16.0 Å². The third-order valence-electron chi connectivity index (χ3n) is 4.47. The van der Waals surface area contributed by atoms with Crippen LogP contribution >= 0.6 is 24.0 Å². The van der Waals surface area contributed by atoms with Gasteiger partial charge in [-0.25, -0.2) is 4.99 Å². The van der Waals surface area contributed by atoms with Gasteiger partial charge in [-0.15, -0.1) is 30.4 Å². The van der Waals surface area contributed by atoms with Gasteiger partial charge in [-0.3, -0.25) is 4.79 Å². The molecule has 3 N–H and O–H groups in total. The van der Waals surface area contributed by atoms with Gasteiger partial charge >= 0.3 is 0 Å². The van der Waals surface area contributed by atoms with Crippen molar-refractivity contribution in [2.24, 2.45) is 4.99 Å². The lowest BCUT2D eigenvalue weighted by molar-refractivity contribution is -0.114. The molecule has 3 atom stereocenters. The van der Waals surface area contributed by atoms with E-state index >= 15 is 0 Å². The lowest BCUT2D eigenvalue weighted by atomic mass is 9.96. The second kappa shape index (κ2) is 9.78. The van der Waals surface area contributed by atoms with Gasteiger partial charge in [-0.2, -0.15) is 0 Å². The predicted molar refractivity (Wildman–Crippen MR) is 114 cm³/mol. The van der Waals surface area contributed by atoms with Crippen molar-refractivity contribution in [2.75, 3.05) is 18.4 Å². The fraction of sp³-hybridized carbons (Fsp3) is 0.474. The highest BCUT2D eigenvalue weighted by Gasteiger charge is 2.41. The number of terminal acetylenes is 1. The Balaban J connectivity index is 0.00000243. The van der Waals surface area contributed by atoms with Crippen molar-refractivity contribution in [3.05, 3.63) is 29.8 Å². The SMILES string of the molecule is C#Cc1cccc(NC(=O)CN=C(NCC)NC2CC3CCC2O3)c1.I. The molecule has 2 aliphatic heterocycles. The Labute approximate surface area is 171 Å². The number of amides is 1. The van der Waals surface area contributed by atoms with Gasteiger partial charge < -0.3 is 20.7 Å². The average molecular weight is 468 g/mol. The first-order valence-electron chi connectivity index (χ1n) is 8.74. The van der Waals surface area contributed by atoms with Crippen LogP contribution in [0.15, 0.2) is 29.3 Å². The third kappa shape index (κ3) is 5.35. The summed E-state index contributed by atoms with van der Waals surface area (Å²) in [4.78, 5) is 16.5. The second-order valence-electron chi connectivity index (χ2n) is 6.33. The van der Waals surface area contributed by atoms with Gasteiger partial charge in [0, 0.05) is 17.8 Å².